The molecule has 1 aliphatic rings. The Hall–Kier alpha value is -2.55. The summed E-state index contributed by atoms with van der Waals surface area (Å²) in [6.07, 6.45) is 2.54. The number of thioether (sulfide) groups is 1. The standard InChI is InChI=1S/C15H17N5O3S/c1-23-11-5-3-4-10(8-11)20-12(18-19-15(20)24-2)6-9-7-13(21)17-14(22)16-9/h3-5,8-9H,6-7H2,1-2H3,(H2,16,17,21,22). The molecule has 0 saturated carbocycles. The third-order valence-electron chi connectivity index (χ3n) is 3.64. The van der Waals surface area contributed by atoms with E-state index in [1.807, 2.05) is 35.1 Å². The number of rotatable bonds is 5. The van der Waals surface area contributed by atoms with E-state index >= 15 is 0 Å². The molecule has 3 rings (SSSR count). The van der Waals surface area contributed by atoms with Crippen molar-refractivity contribution in [3.63, 3.8) is 0 Å². The Morgan fingerprint density at radius 2 is 2.21 bits per heavy atom. The van der Waals surface area contributed by atoms with E-state index in [4.69, 9.17) is 4.74 Å². The van der Waals surface area contributed by atoms with Crippen LogP contribution in [0.3, 0.4) is 0 Å². The molecule has 0 aliphatic carbocycles. The third-order valence-corrected chi connectivity index (χ3v) is 4.27. The van der Waals surface area contributed by atoms with Crippen LogP contribution in [0.5, 0.6) is 5.75 Å². The molecule has 126 valence electrons. The molecule has 1 atom stereocenters. The van der Waals surface area contributed by atoms with Gasteiger partial charge in [-0.05, 0) is 18.4 Å². The molecule has 3 amide bonds. The fraction of sp³-hybridized carbons (Fsp3) is 0.333. The Kier molecular flexibility index (Phi) is 4.70. The minimum Gasteiger partial charge on any atom is -0.497 e. The highest BCUT2D eigenvalue weighted by atomic mass is 32.2. The van der Waals surface area contributed by atoms with Crippen LogP contribution in [0.15, 0.2) is 29.4 Å². The summed E-state index contributed by atoms with van der Waals surface area (Å²) in [4.78, 5) is 23.0. The molecule has 1 fully saturated rings. The Labute approximate surface area is 143 Å². The second-order valence-electron chi connectivity index (χ2n) is 5.27. The summed E-state index contributed by atoms with van der Waals surface area (Å²) < 4.78 is 7.18. The number of benzene rings is 1. The first-order chi connectivity index (χ1) is 11.6. The summed E-state index contributed by atoms with van der Waals surface area (Å²) in [6.45, 7) is 0. The number of carbonyl (C=O) groups is 2. The van der Waals surface area contributed by atoms with Crippen molar-refractivity contribution in [2.75, 3.05) is 13.4 Å². The number of nitrogens with one attached hydrogen (secondary N) is 2. The third kappa shape index (κ3) is 3.35. The molecule has 1 aromatic carbocycles. The molecule has 1 aliphatic heterocycles. The average molecular weight is 347 g/mol. The highest BCUT2D eigenvalue weighted by Gasteiger charge is 2.26. The van der Waals surface area contributed by atoms with Crippen molar-refractivity contribution in [3.05, 3.63) is 30.1 Å². The zero-order chi connectivity index (χ0) is 17.1. The van der Waals surface area contributed by atoms with E-state index in [1.54, 1.807) is 7.11 Å². The second kappa shape index (κ2) is 6.91. The SMILES string of the molecule is COc1cccc(-n2c(CC3CC(=O)NC(=O)N3)nnc2SC)c1. The zero-order valence-corrected chi connectivity index (χ0v) is 14.1. The van der Waals surface area contributed by atoms with Crippen molar-refractivity contribution in [1.29, 1.82) is 0 Å². The normalized spacial score (nSPS) is 17.3. The van der Waals surface area contributed by atoms with Crippen LogP contribution >= 0.6 is 11.8 Å². The van der Waals surface area contributed by atoms with Crippen molar-refractivity contribution < 1.29 is 14.3 Å². The first-order valence-electron chi connectivity index (χ1n) is 7.33. The van der Waals surface area contributed by atoms with Crippen LogP contribution in [0.4, 0.5) is 4.79 Å². The minimum absolute atomic E-state index is 0.214. The quantitative estimate of drug-likeness (QED) is 0.787. The van der Waals surface area contributed by atoms with Gasteiger partial charge in [0.2, 0.25) is 5.91 Å². The predicted molar refractivity (Wildman–Crippen MR) is 88.5 cm³/mol. The minimum atomic E-state index is -0.478. The molecule has 0 spiro atoms. The van der Waals surface area contributed by atoms with Gasteiger partial charge in [0.25, 0.3) is 0 Å². The van der Waals surface area contributed by atoms with Gasteiger partial charge in [-0.15, -0.1) is 10.2 Å². The van der Waals surface area contributed by atoms with Gasteiger partial charge in [0, 0.05) is 24.9 Å². The summed E-state index contributed by atoms with van der Waals surface area (Å²) in [5, 5.41) is 14.1. The topological polar surface area (TPSA) is 98.1 Å². The van der Waals surface area contributed by atoms with Crippen LogP contribution in [-0.4, -0.2) is 46.1 Å². The average Bonchev–Trinajstić information content (AvgIpc) is 2.96. The lowest BCUT2D eigenvalue weighted by Gasteiger charge is -2.23. The number of amides is 3. The molecule has 1 aromatic heterocycles. The number of urea groups is 1. The van der Waals surface area contributed by atoms with Gasteiger partial charge in [-0.1, -0.05) is 17.8 Å². The first-order valence-corrected chi connectivity index (χ1v) is 8.56. The number of hydrogen-bond donors (Lipinski definition) is 2. The molecule has 1 unspecified atom stereocenters. The number of ether oxygens (including phenoxy) is 1. The molecular weight excluding hydrogens is 330 g/mol. The van der Waals surface area contributed by atoms with Gasteiger partial charge in [0.15, 0.2) is 5.16 Å². The molecule has 2 aromatic rings. The number of hydrogen-bond acceptors (Lipinski definition) is 6. The zero-order valence-electron chi connectivity index (χ0n) is 13.3. The molecular formula is C15H17N5O3S. The molecule has 0 bridgehead atoms. The maximum atomic E-state index is 11.5. The molecule has 9 heteroatoms. The number of aromatic nitrogens is 3. The van der Waals surface area contributed by atoms with Crippen molar-refractivity contribution in [2.24, 2.45) is 0 Å². The van der Waals surface area contributed by atoms with E-state index in [0.29, 0.717) is 12.2 Å². The molecule has 2 N–H and O–H groups in total. The van der Waals surface area contributed by atoms with Crippen LogP contribution in [0.25, 0.3) is 5.69 Å². The summed E-state index contributed by atoms with van der Waals surface area (Å²) in [5.74, 6) is 1.11. The van der Waals surface area contributed by atoms with Gasteiger partial charge in [-0.25, -0.2) is 4.79 Å². The lowest BCUT2D eigenvalue weighted by atomic mass is 10.1. The Morgan fingerprint density at radius 1 is 1.38 bits per heavy atom. The number of imide groups is 1. The Morgan fingerprint density at radius 3 is 2.92 bits per heavy atom. The van der Waals surface area contributed by atoms with Gasteiger partial charge in [-0.2, -0.15) is 0 Å². The maximum absolute atomic E-state index is 11.5. The fourth-order valence-corrected chi connectivity index (χ4v) is 3.11. The van der Waals surface area contributed by atoms with E-state index in [-0.39, 0.29) is 18.4 Å². The van der Waals surface area contributed by atoms with Crippen LogP contribution in [0.1, 0.15) is 12.2 Å². The largest absolute Gasteiger partial charge is 0.497 e. The molecule has 24 heavy (non-hydrogen) atoms. The van der Waals surface area contributed by atoms with Crippen LogP contribution in [0.2, 0.25) is 0 Å². The van der Waals surface area contributed by atoms with Crippen LogP contribution in [0, 0.1) is 0 Å². The summed E-state index contributed by atoms with van der Waals surface area (Å²) in [7, 11) is 1.61. The second-order valence-corrected chi connectivity index (χ2v) is 6.04. The van der Waals surface area contributed by atoms with Crippen molar-refractivity contribution in [2.45, 2.75) is 24.0 Å². The summed E-state index contributed by atoms with van der Waals surface area (Å²) >= 11 is 1.47. The molecule has 8 nitrogen and oxygen atoms in total. The van der Waals surface area contributed by atoms with Crippen LogP contribution in [-0.2, 0) is 11.2 Å². The first kappa shape index (κ1) is 16.3. The van der Waals surface area contributed by atoms with Crippen LogP contribution < -0.4 is 15.4 Å². The summed E-state index contributed by atoms with van der Waals surface area (Å²) in [5.41, 5.74) is 0.866. The smallest absolute Gasteiger partial charge is 0.321 e. The Bertz CT molecular complexity index is 760. The van der Waals surface area contributed by atoms with Crippen molar-refractivity contribution in [1.82, 2.24) is 25.4 Å². The van der Waals surface area contributed by atoms with E-state index in [9.17, 15) is 9.59 Å². The summed E-state index contributed by atoms with van der Waals surface area (Å²) in [6, 6.07) is 6.78. The van der Waals surface area contributed by atoms with Crippen molar-refractivity contribution in [3.8, 4) is 11.4 Å². The number of methoxy groups -OCH3 is 1. The van der Waals surface area contributed by atoms with E-state index in [1.165, 1.54) is 11.8 Å². The van der Waals surface area contributed by atoms with E-state index < -0.39 is 6.03 Å². The van der Waals surface area contributed by atoms with Crippen molar-refractivity contribution >= 4 is 23.7 Å². The van der Waals surface area contributed by atoms with Gasteiger partial charge < -0.3 is 10.1 Å². The van der Waals surface area contributed by atoms with Gasteiger partial charge in [0.05, 0.1) is 12.8 Å². The van der Waals surface area contributed by atoms with E-state index in [2.05, 4.69) is 20.8 Å². The van der Waals surface area contributed by atoms with Gasteiger partial charge in [0.1, 0.15) is 11.6 Å². The highest BCUT2D eigenvalue weighted by Crippen LogP contribution is 2.24. The lowest BCUT2D eigenvalue weighted by molar-refractivity contribution is -0.121. The lowest BCUT2D eigenvalue weighted by Crippen LogP contribution is -2.53. The van der Waals surface area contributed by atoms with Gasteiger partial charge in [-0.3, -0.25) is 14.7 Å². The monoisotopic (exact) mass is 347 g/mol. The number of carbonyl (C=O) groups excluding carboxylic acids is 2. The molecule has 2 heterocycles. The Balaban J connectivity index is 1.93. The molecule has 0 radical (unpaired) electrons. The van der Waals surface area contributed by atoms with E-state index in [0.717, 1.165) is 16.6 Å². The highest BCUT2D eigenvalue weighted by molar-refractivity contribution is 7.98. The van der Waals surface area contributed by atoms with Gasteiger partial charge >= 0.3 is 6.03 Å². The fourth-order valence-electron chi connectivity index (χ4n) is 2.59. The molecule has 1 saturated heterocycles. The number of nitrogens with zero attached hydrogens (tertiary/aromatic N) is 3. The maximum Gasteiger partial charge on any atom is 0.321 e. The predicted octanol–water partition coefficient (Wildman–Crippen LogP) is 1.14.